The first kappa shape index (κ1) is 19.1. The number of hydrogen-bond donors (Lipinski definition) is 0. The number of alkyl halides is 2. The van der Waals surface area contributed by atoms with E-state index in [1.807, 2.05) is 0 Å². The number of halogens is 2. The Morgan fingerprint density at radius 3 is 2.24 bits per heavy atom. The van der Waals surface area contributed by atoms with E-state index >= 15 is 0 Å². The van der Waals surface area contributed by atoms with E-state index in [9.17, 15) is 8.78 Å². The van der Waals surface area contributed by atoms with Crippen molar-refractivity contribution < 1.29 is 27.7 Å². The summed E-state index contributed by atoms with van der Waals surface area (Å²) in [4.78, 5) is 0. The first-order valence-electron chi connectivity index (χ1n) is 7.55. The fourth-order valence-corrected chi connectivity index (χ4v) is 2.27. The minimum absolute atomic E-state index is 0.179. The van der Waals surface area contributed by atoms with Crippen molar-refractivity contribution in [3.05, 3.63) is 60.2 Å². The quantitative estimate of drug-likeness (QED) is 0.660. The fourth-order valence-electron chi connectivity index (χ4n) is 2.08. The van der Waals surface area contributed by atoms with E-state index in [2.05, 4.69) is 4.74 Å². The highest BCUT2D eigenvalue weighted by molar-refractivity contribution is 7.79. The summed E-state index contributed by atoms with van der Waals surface area (Å²) in [5.74, 6) is 0.922. The van der Waals surface area contributed by atoms with E-state index in [-0.39, 0.29) is 12.2 Å². The van der Waals surface area contributed by atoms with Crippen LogP contribution in [0, 0.1) is 0 Å². The van der Waals surface area contributed by atoms with Crippen LogP contribution in [0.2, 0.25) is 0 Å². The summed E-state index contributed by atoms with van der Waals surface area (Å²) in [5.41, 5.74) is 0.179. The minimum Gasteiger partial charge on any atom is -0.497 e. The van der Waals surface area contributed by atoms with E-state index < -0.39 is 17.4 Å². The fraction of sp³-hybridized carbons (Fsp3) is 0.278. The van der Waals surface area contributed by atoms with E-state index in [0.29, 0.717) is 11.5 Å². The molecule has 2 rings (SSSR count). The second-order valence-electron chi connectivity index (χ2n) is 4.93. The van der Waals surface area contributed by atoms with Crippen molar-refractivity contribution in [3.63, 3.8) is 0 Å². The lowest BCUT2D eigenvalue weighted by Crippen LogP contribution is -2.34. The first-order chi connectivity index (χ1) is 12.0. The lowest BCUT2D eigenvalue weighted by Gasteiger charge is -2.27. The molecule has 0 fully saturated rings. The summed E-state index contributed by atoms with van der Waals surface area (Å²) < 4.78 is 48.8. The summed E-state index contributed by atoms with van der Waals surface area (Å²) in [6, 6.07) is 14.5. The van der Waals surface area contributed by atoms with E-state index in [1.54, 1.807) is 42.5 Å². The van der Waals surface area contributed by atoms with Crippen LogP contribution in [0.15, 0.2) is 54.6 Å². The number of hydrogen-bond acceptors (Lipinski definition) is 5. The molecule has 0 aromatic heterocycles. The molecule has 4 nitrogen and oxygen atoms in total. The van der Waals surface area contributed by atoms with Crippen LogP contribution < -0.4 is 9.47 Å². The molecule has 0 radical (unpaired) electrons. The Balaban J connectivity index is 2.20. The van der Waals surface area contributed by atoms with Gasteiger partial charge in [-0.05, 0) is 31.2 Å². The van der Waals surface area contributed by atoms with Crippen LogP contribution >= 0.6 is 12.2 Å². The molecule has 0 amide bonds. The van der Waals surface area contributed by atoms with Crippen molar-refractivity contribution in [1.82, 2.24) is 0 Å². The van der Waals surface area contributed by atoms with Gasteiger partial charge in [-0.15, -0.1) is 0 Å². The van der Waals surface area contributed by atoms with Crippen LogP contribution in [0.1, 0.15) is 18.6 Å². The summed E-state index contributed by atoms with van der Waals surface area (Å²) >= 11 is 4.96. The highest BCUT2D eigenvalue weighted by atomic mass is 32.1. The average molecular weight is 368 g/mol. The maximum Gasteiger partial charge on any atom is 0.396 e. The Kier molecular flexibility index (Phi) is 6.66. The van der Waals surface area contributed by atoms with Gasteiger partial charge in [-0.2, -0.15) is 8.78 Å². The summed E-state index contributed by atoms with van der Waals surface area (Å²) in [6.07, 6.45) is -5.34. The molecule has 7 heteroatoms. The van der Waals surface area contributed by atoms with Gasteiger partial charge in [-0.25, -0.2) is 0 Å². The molecule has 0 saturated carbocycles. The second-order valence-corrected chi connectivity index (χ2v) is 5.26. The number of methoxy groups -OCH3 is 1. The molecular formula is C18H18F2O4S. The topological polar surface area (TPSA) is 36.9 Å². The van der Waals surface area contributed by atoms with Gasteiger partial charge in [-0.1, -0.05) is 30.3 Å². The van der Waals surface area contributed by atoms with Crippen molar-refractivity contribution in [1.29, 1.82) is 0 Å². The van der Waals surface area contributed by atoms with Crippen molar-refractivity contribution in [2.45, 2.75) is 19.1 Å². The van der Waals surface area contributed by atoms with E-state index in [4.69, 9.17) is 26.4 Å². The molecule has 2 aromatic rings. The normalized spacial score (nSPS) is 12.3. The number of benzene rings is 2. The van der Waals surface area contributed by atoms with E-state index in [1.165, 1.54) is 26.2 Å². The van der Waals surface area contributed by atoms with Gasteiger partial charge in [0.1, 0.15) is 11.5 Å². The Hall–Kier alpha value is -2.25. The molecule has 2 aromatic carbocycles. The van der Waals surface area contributed by atoms with Crippen LogP contribution in [-0.2, 0) is 9.47 Å². The summed E-state index contributed by atoms with van der Waals surface area (Å²) in [5, 5.41) is -0.425. The zero-order valence-electron chi connectivity index (χ0n) is 13.8. The molecule has 1 atom stereocenters. The minimum atomic E-state index is -3.59. The van der Waals surface area contributed by atoms with Gasteiger partial charge in [0.25, 0.3) is 0 Å². The van der Waals surface area contributed by atoms with Crippen LogP contribution in [0.5, 0.6) is 11.5 Å². The molecule has 25 heavy (non-hydrogen) atoms. The van der Waals surface area contributed by atoms with E-state index in [0.717, 1.165) is 0 Å². The Labute approximate surface area is 150 Å². The average Bonchev–Trinajstić information content (AvgIpc) is 2.60. The number of rotatable bonds is 7. The smallest absolute Gasteiger partial charge is 0.396 e. The predicted molar refractivity (Wildman–Crippen MR) is 93.1 cm³/mol. The third-order valence-corrected chi connectivity index (χ3v) is 3.40. The highest BCUT2D eigenvalue weighted by Gasteiger charge is 2.44. The number of thiocarbonyl (C=S) groups is 1. The zero-order valence-corrected chi connectivity index (χ0v) is 14.6. The molecule has 0 aliphatic rings. The lowest BCUT2D eigenvalue weighted by molar-refractivity contribution is -0.287. The standard InChI is InChI=1S/C18H18F2O4S/c1-3-22-18(19,20)16(13-9-11-14(21-2)12-10-13)24-17(25)23-15-7-5-4-6-8-15/h4-12,16H,3H2,1-2H3. The SMILES string of the molecule is CCOC(F)(F)C(OC(=S)Oc1ccccc1)c1ccc(OC)cc1. The molecular weight excluding hydrogens is 350 g/mol. The van der Waals surface area contributed by atoms with Gasteiger partial charge in [0, 0.05) is 17.8 Å². The maximum absolute atomic E-state index is 14.4. The van der Waals surface area contributed by atoms with Gasteiger partial charge in [-0.3, -0.25) is 0 Å². The Bertz CT molecular complexity index is 677. The highest BCUT2D eigenvalue weighted by Crippen LogP contribution is 2.36. The molecule has 0 spiro atoms. The lowest BCUT2D eigenvalue weighted by atomic mass is 10.1. The third kappa shape index (κ3) is 5.37. The van der Waals surface area contributed by atoms with Gasteiger partial charge in [0.2, 0.25) is 6.10 Å². The Morgan fingerprint density at radius 1 is 1.04 bits per heavy atom. The molecule has 0 saturated heterocycles. The monoisotopic (exact) mass is 368 g/mol. The molecule has 1 unspecified atom stereocenters. The van der Waals surface area contributed by atoms with Gasteiger partial charge in [0.15, 0.2) is 0 Å². The summed E-state index contributed by atoms with van der Waals surface area (Å²) in [7, 11) is 1.49. The molecule has 0 N–H and O–H groups in total. The van der Waals surface area contributed by atoms with Crippen molar-refractivity contribution >= 4 is 17.5 Å². The summed E-state index contributed by atoms with van der Waals surface area (Å²) in [6.45, 7) is 1.28. The number of ether oxygens (including phenoxy) is 4. The molecule has 134 valence electrons. The van der Waals surface area contributed by atoms with Gasteiger partial charge < -0.3 is 18.9 Å². The van der Waals surface area contributed by atoms with Crippen LogP contribution in [0.25, 0.3) is 0 Å². The van der Waals surface area contributed by atoms with Gasteiger partial charge >= 0.3 is 11.3 Å². The molecule has 0 aliphatic carbocycles. The number of para-hydroxylation sites is 1. The molecule has 0 bridgehead atoms. The third-order valence-electron chi connectivity index (χ3n) is 3.22. The van der Waals surface area contributed by atoms with Gasteiger partial charge in [0.05, 0.1) is 13.7 Å². The largest absolute Gasteiger partial charge is 0.497 e. The van der Waals surface area contributed by atoms with Crippen molar-refractivity contribution in [2.75, 3.05) is 13.7 Å². The van der Waals surface area contributed by atoms with Crippen LogP contribution in [-0.4, -0.2) is 25.1 Å². The zero-order chi connectivity index (χ0) is 18.3. The Morgan fingerprint density at radius 2 is 1.68 bits per heavy atom. The predicted octanol–water partition coefficient (Wildman–Crippen LogP) is 4.75. The van der Waals surface area contributed by atoms with Crippen molar-refractivity contribution in [2.24, 2.45) is 0 Å². The maximum atomic E-state index is 14.4. The molecule has 0 aliphatic heterocycles. The second kappa shape index (κ2) is 8.73. The van der Waals surface area contributed by atoms with Crippen LogP contribution in [0.4, 0.5) is 8.78 Å². The molecule has 0 heterocycles. The van der Waals surface area contributed by atoms with Crippen molar-refractivity contribution in [3.8, 4) is 11.5 Å². The first-order valence-corrected chi connectivity index (χ1v) is 7.96. The van der Waals surface area contributed by atoms with Crippen LogP contribution in [0.3, 0.4) is 0 Å².